The van der Waals surface area contributed by atoms with Crippen LogP contribution in [0.1, 0.15) is 21.5 Å². The van der Waals surface area contributed by atoms with Crippen LogP contribution < -0.4 is 0 Å². The van der Waals surface area contributed by atoms with Crippen LogP contribution >= 0.6 is 11.6 Å². The predicted molar refractivity (Wildman–Crippen MR) is 95.9 cm³/mol. The number of esters is 1. The molecule has 0 unspecified atom stereocenters. The maximum Gasteiger partial charge on any atom is 0.418 e. The van der Waals surface area contributed by atoms with Gasteiger partial charge in [0.2, 0.25) is 0 Å². The summed E-state index contributed by atoms with van der Waals surface area (Å²) < 4.78 is 28.8. The summed E-state index contributed by atoms with van der Waals surface area (Å²) in [6, 6.07) is 11.2. The molecule has 0 N–H and O–H groups in total. The van der Waals surface area contributed by atoms with E-state index in [2.05, 4.69) is 0 Å². The molecule has 1 aliphatic heterocycles. The lowest BCUT2D eigenvalue weighted by molar-refractivity contribution is 0.0531. The van der Waals surface area contributed by atoms with Crippen LogP contribution in [0.15, 0.2) is 47.4 Å². The zero-order chi connectivity index (χ0) is 18.9. The summed E-state index contributed by atoms with van der Waals surface area (Å²) >= 11 is 6.20. The Morgan fingerprint density at radius 3 is 2.42 bits per heavy atom. The Morgan fingerprint density at radius 2 is 1.77 bits per heavy atom. The largest absolute Gasteiger partial charge is 0.418 e. The molecule has 136 valence electrons. The van der Waals surface area contributed by atoms with Crippen molar-refractivity contribution < 1.29 is 22.7 Å². The van der Waals surface area contributed by atoms with Gasteiger partial charge in [-0.3, -0.25) is 0 Å². The topological polar surface area (TPSA) is 80.8 Å². The lowest BCUT2D eigenvalue weighted by Crippen LogP contribution is -2.38. The highest BCUT2D eigenvalue weighted by Crippen LogP contribution is 2.31. The zero-order valence-electron chi connectivity index (χ0n) is 13.9. The summed E-state index contributed by atoms with van der Waals surface area (Å²) in [4.78, 5) is 25.9. The molecule has 0 aliphatic carbocycles. The van der Waals surface area contributed by atoms with E-state index in [4.69, 9.17) is 16.3 Å². The molecule has 26 heavy (non-hydrogen) atoms. The second-order valence-electron chi connectivity index (χ2n) is 5.97. The molecule has 1 amide bonds. The van der Waals surface area contributed by atoms with E-state index in [9.17, 15) is 18.0 Å². The van der Waals surface area contributed by atoms with Crippen molar-refractivity contribution in [2.45, 2.75) is 17.9 Å². The number of benzene rings is 2. The molecule has 0 aromatic heterocycles. The molecule has 0 radical (unpaired) electrons. The van der Waals surface area contributed by atoms with Gasteiger partial charge in [0.1, 0.15) is 0 Å². The first-order valence-corrected chi connectivity index (χ1v) is 10.1. The number of hydrogen-bond donors (Lipinski definition) is 0. The molecule has 0 saturated heterocycles. The van der Waals surface area contributed by atoms with Gasteiger partial charge in [-0.25, -0.2) is 18.0 Å². The third-order valence-corrected chi connectivity index (χ3v) is 5.69. The Hall–Kier alpha value is -2.38. The van der Waals surface area contributed by atoms with E-state index in [1.807, 2.05) is 0 Å². The molecule has 3 rings (SSSR count). The molecule has 0 bridgehead atoms. The van der Waals surface area contributed by atoms with E-state index < -0.39 is 21.9 Å². The average Bonchev–Trinajstić information content (AvgIpc) is 2.61. The van der Waals surface area contributed by atoms with Crippen molar-refractivity contribution in [1.82, 2.24) is 4.90 Å². The number of nitrogens with zero attached hydrogens (tertiary/aromatic N) is 1. The van der Waals surface area contributed by atoms with E-state index in [-0.39, 0.29) is 23.5 Å². The summed E-state index contributed by atoms with van der Waals surface area (Å²) in [5.41, 5.74) is 1.44. The highest BCUT2D eigenvalue weighted by Gasteiger charge is 2.29. The van der Waals surface area contributed by atoms with Crippen molar-refractivity contribution in [2.75, 3.05) is 12.8 Å². The smallest absolute Gasteiger partial charge is 0.372 e. The number of halogens is 1. The predicted octanol–water partition coefficient (Wildman–Crippen LogP) is 3.08. The number of carbonyl (C=O) groups is 2. The highest BCUT2D eigenvalue weighted by atomic mass is 35.5. The fraction of sp³-hybridized carbons (Fsp3) is 0.222. The SMILES string of the molecule is CS(=O)(=O)c1ccc(Cl)c2c1CCN(C(=O)OC(=O)c1ccccc1)C2. The van der Waals surface area contributed by atoms with Crippen molar-refractivity contribution in [1.29, 1.82) is 0 Å². The summed E-state index contributed by atoms with van der Waals surface area (Å²) in [5.74, 6) is -0.739. The van der Waals surface area contributed by atoms with Gasteiger partial charge in [0.15, 0.2) is 9.84 Å². The summed E-state index contributed by atoms with van der Waals surface area (Å²) in [5, 5.41) is 0.374. The first kappa shape index (κ1) is 18.4. The Bertz CT molecular complexity index is 973. The summed E-state index contributed by atoms with van der Waals surface area (Å²) in [6.45, 7) is 0.315. The molecule has 8 heteroatoms. The molecular formula is C18H16ClNO5S. The number of hydrogen-bond acceptors (Lipinski definition) is 5. The standard InChI is InChI=1S/C18H16ClNO5S/c1-26(23,24)16-8-7-15(19)14-11-20(10-9-13(14)16)18(22)25-17(21)12-5-3-2-4-6-12/h2-8H,9-11H2,1H3. The van der Waals surface area contributed by atoms with Gasteiger partial charge >= 0.3 is 12.1 Å². The van der Waals surface area contributed by atoms with Gasteiger partial charge in [-0.05, 0) is 41.8 Å². The van der Waals surface area contributed by atoms with Gasteiger partial charge in [-0.2, -0.15) is 0 Å². The van der Waals surface area contributed by atoms with Crippen molar-refractivity contribution in [3.8, 4) is 0 Å². The van der Waals surface area contributed by atoms with Crippen LogP contribution in [0, 0.1) is 0 Å². The Morgan fingerprint density at radius 1 is 1.08 bits per heavy atom. The molecule has 0 spiro atoms. The van der Waals surface area contributed by atoms with Gasteiger partial charge in [0.05, 0.1) is 17.0 Å². The first-order valence-electron chi connectivity index (χ1n) is 7.84. The summed E-state index contributed by atoms with van der Waals surface area (Å²) in [7, 11) is -3.40. The quantitative estimate of drug-likeness (QED) is 0.578. The average molecular weight is 394 g/mol. The minimum absolute atomic E-state index is 0.0818. The Balaban J connectivity index is 1.80. The molecule has 1 heterocycles. The van der Waals surface area contributed by atoms with E-state index >= 15 is 0 Å². The number of amides is 1. The molecule has 0 fully saturated rings. The number of rotatable bonds is 2. The van der Waals surface area contributed by atoms with Crippen LogP contribution in [0.2, 0.25) is 5.02 Å². The number of sulfone groups is 1. The lowest BCUT2D eigenvalue weighted by Gasteiger charge is -2.29. The minimum atomic E-state index is -3.40. The fourth-order valence-electron chi connectivity index (χ4n) is 2.88. The fourth-order valence-corrected chi connectivity index (χ4v) is 4.11. The molecule has 2 aromatic rings. The number of fused-ring (bicyclic) bond motifs is 1. The number of ether oxygens (including phenoxy) is 1. The van der Waals surface area contributed by atoms with Gasteiger partial charge in [-0.15, -0.1) is 0 Å². The molecule has 0 saturated carbocycles. The van der Waals surface area contributed by atoms with Crippen molar-refractivity contribution in [2.24, 2.45) is 0 Å². The summed E-state index contributed by atoms with van der Waals surface area (Å²) in [6.07, 6.45) is 0.660. The lowest BCUT2D eigenvalue weighted by atomic mass is 10.00. The monoisotopic (exact) mass is 393 g/mol. The normalized spacial score (nSPS) is 13.8. The molecule has 0 atom stereocenters. The van der Waals surface area contributed by atoms with E-state index in [1.54, 1.807) is 30.3 Å². The third-order valence-electron chi connectivity index (χ3n) is 4.16. The second kappa shape index (κ2) is 7.09. The first-order chi connectivity index (χ1) is 12.3. The van der Waals surface area contributed by atoms with Crippen molar-refractivity contribution in [3.63, 3.8) is 0 Å². The van der Waals surface area contributed by atoms with Crippen LogP contribution in [0.25, 0.3) is 0 Å². The molecular weight excluding hydrogens is 378 g/mol. The van der Waals surface area contributed by atoms with Crippen LogP contribution in [0.4, 0.5) is 4.79 Å². The maximum absolute atomic E-state index is 12.3. The van der Waals surface area contributed by atoms with Crippen molar-refractivity contribution >= 4 is 33.5 Å². The minimum Gasteiger partial charge on any atom is -0.372 e. The van der Waals surface area contributed by atoms with Crippen LogP contribution in [-0.2, 0) is 27.5 Å². The highest BCUT2D eigenvalue weighted by molar-refractivity contribution is 7.90. The number of carbonyl (C=O) groups excluding carboxylic acids is 2. The van der Waals surface area contributed by atoms with Gasteiger partial charge < -0.3 is 9.64 Å². The van der Waals surface area contributed by atoms with E-state index in [0.29, 0.717) is 22.6 Å². The van der Waals surface area contributed by atoms with Gasteiger partial charge in [0.25, 0.3) is 0 Å². The van der Waals surface area contributed by atoms with Gasteiger partial charge in [-0.1, -0.05) is 29.8 Å². The van der Waals surface area contributed by atoms with Crippen LogP contribution in [0.3, 0.4) is 0 Å². The van der Waals surface area contributed by atoms with Crippen LogP contribution in [-0.4, -0.2) is 38.2 Å². The zero-order valence-corrected chi connectivity index (χ0v) is 15.5. The Labute approximate surface area is 156 Å². The third kappa shape index (κ3) is 3.73. The van der Waals surface area contributed by atoms with E-state index in [1.165, 1.54) is 17.0 Å². The molecule has 6 nitrogen and oxygen atoms in total. The molecule has 1 aliphatic rings. The second-order valence-corrected chi connectivity index (χ2v) is 8.36. The molecule has 2 aromatic carbocycles. The van der Waals surface area contributed by atoms with Crippen molar-refractivity contribution in [3.05, 3.63) is 64.2 Å². The van der Waals surface area contributed by atoms with Gasteiger partial charge in [0, 0.05) is 17.8 Å². The maximum atomic E-state index is 12.3. The van der Waals surface area contributed by atoms with E-state index in [0.717, 1.165) is 6.26 Å². The Kier molecular flexibility index (Phi) is 5.02. The van der Waals surface area contributed by atoms with Crippen LogP contribution in [0.5, 0.6) is 0 Å².